The molecule has 0 bridgehead atoms. The summed E-state index contributed by atoms with van der Waals surface area (Å²) in [6, 6.07) is 11.6. The van der Waals surface area contributed by atoms with Gasteiger partial charge in [-0.2, -0.15) is 8.78 Å². The van der Waals surface area contributed by atoms with Crippen molar-refractivity contribution in [2.45, 2.75) is 18.4 Å². The van der Waals surface area contributed by atoms with E-state index < -0.39 is 6.61 Å². The Morgan fingerprint density at radius 3 is 2.19 bits per heavy atom. The largest absolute Gasteiger partial charge is 0.435 e. The van der Waals surface area contributed by atoms with Gasteiger partial charge in [0, 0.05) is 0 Å². The van der Waals surface area contributed by atoms with Gasteiger partial charge in [0.15, 0.2) is 0 Å². The van der Waals surface area contributed by atoms with Crippen molar-refractivity contribution in [2.75, 3.05) is 0 Å². The topological polar surface area (TPSA) is 9.23 Å². The predicted octanol–water partition coefficient (Wildman–Crippen LogP) is 6.12. The van der Waals surface area contributed by atoms with Crippen LogP contribution in [0.4, 0.5) is 8.78 Å². The average Bonchev–Trinajstić information content (AvgIpc) is 2.43. The Hall–Kier alpha value is -1.03. The Balaban J connectivity index is 2.05. The number of ether oxygens (including phenoxy) is 1. The van der Waals surface area contributed by atoms with Crippen LogP contribution >= 0.6 is 34.8 Å². The second-order valence-corrected chi connectivity index (χ2v) is 5.71. The van der Waals surface area contributed by atoms with E-state index in [0.29, 0.717) is 16.5 Å². The number of alkyl halides is 3. The molecule has 0 saturated heterocycles. The zero-order valence-electron chi connectivity index (χ0n) is 10.7. The molecule has 1 nitrogen and oxygen atoms in total. The molecule has 21 heavy (non-hydrogen) atoms. The minimum atomic E-state index is -2.83. The normalized spacial score (nSPS) is 12.5. The lowest BCUT2D eigenvalue weighted by Gasteiger charge is -2.12. The third-order valence-electron chi connectivity index (χ3n) is 2.87. The van der Waals surface area contributed by atoms with E-state index in [4.69, 9.17) is 34.8 Å². The molecule has 0 aromatic heterocycles. The van der Waals surface area contributed by atoms with Gasteiger partial charge in [0.25, 0.3) is 0 Å². The molecule has 0 heterocycles. The summed E-state index contributed by atoms with van der Waals surface area (Å²) < 4.78 is 28.4. The van der Waals surface area contributed by atoms with Gasteiger partial charge in [0.05, 0.1) is 15.4 Å². The molecule has 2 aromatic rings. The Labute approximate surface area is 136 Å². The van der Waals surface area contributed by atoms with Crippen molar-refractivity contribution in [3.8, 4) is 5.75 Å². The quantitative estimate of drug-likeness (QED) is 0.590. The molecule has 2 rings (SSSR count). The van der Waals surface area contributed by atoms with Crippen molar-refractivity contribution in [1.82, 2.24) is 0 Å². The van der Waals surface area contributed by atoms with Gasteiger partial charge >= 0.3 is 6.61 Å². The second-order valence-electron chi connectivity index (χ2n) is 4.37. The second kappa shape index (κ2) is 7.30. The Morgan fingerprint density at radius 1 is 0.952 bits per heavy atom. The van der Waals surface area contributed by atoms with E-state index in [0.717, 1.165) is 11.1 Å². The molecule has 0 aliphatic heterocycles. The van der Waals surface area contributed by atoms with Crippen LogP contribution in [0, 0.1) is 0 Å². The summed E-state index contributed by atoms with van der Waals surface area (Å²) >= 11 is 18.1. The lowest BCUT2D eigenvalue weighted by molar-refractivity contribution is -0.0498. The summed E-state index contributed by atoms with van der Waals surface area (Å²) in [4.78, 5) is 0. The fraction of sp³-hybridized carbons (Fsp3) is 0.200. The van der Waals surface area contributed by atoms with E-state index in [1.54, 1.807) is 24.3 Å². The van der Waals surface area contributed by atoms with Crippen LogP contribution in [0.1, 0.15) is 16.5 Å². The standard InChI is InChI=1S/C15H11Cl3F2O/c16-12-6-1-9(8-14(12)18)7-13(17)10-2-4-11(5-3-10)21-15(19)20/h1-6,8,13,15H,7H2. The monoisotopic (exact) mass is 350 g/mol. The SMILES string of the molecule is FC(F)Oc1ccc(C(Cl)Cc2ccc(Cl)c(Cl)c2)cc1. The average molecular weight is 352 g/mol. The summed E-state index contributed by atoms with van der Waals surface area (Å²) in [5.74, 6) is 0.104. The molecule has 1 atom stereocenters. The number of benzene rings is 2. The first-order valence-electron chi connectivity index (χ1n) is 6.08. The van der Waals surface area contributed by atoms with E-state index in [1.165, 1.54) is 12.1 Å². The van der Waals surface area contributed by atoms with Crippen LogP contribution in [0.25, 0.3) is 0 Å². The van der Waals surface area contributed by atoms with Crippen molar-refractivity contribution in [3.63, 3.8) is 0 Å². The first-order chi connectivity index (χ1) is 9.95. The fourth-order valence-electron chi connectivity index (χ4n) is 1.85. The van der Waals surface area contributed by atoms with Crippen LogP contribution in [0.3, 0.4) is 0 Å². The number of halogens is 5. The van der Waals surface area contributed by atoms with Crippen LogP contribution in [-0.2, 0) is 6.42 Å². The summed E-state index contributed by atoms with van der Waals surface area (Å²) in [5.41, 5.74) is 1.75. The van der Waals surface area contributed by atoms with Crippen LogP contribution < -0.4 is 4.74 Å². The molecule has 0 saturated carbocycles. The van der Waals surface area contributed by atoms with Gasteiger partial charge < -0.3 is 4.74 Å². The summed E-state index contributed by atoms with van der Waals surface area (Å²) in [6.07, 6.45) is 0.549. The van der Waals surface area contributed by atoms with E-state index in [9.17, 15) is 8.78 Å². The van der Waals surface area contributed by atoms with Gasteiger partial charge in [-0.05, 0) is 41.8 Å². The number of rotatable bonds is 5. The molecule has 0 aliphatic rings. The van der Waals surface area contributed by atoms with Crippen LogP contribution in [-0.4, -0.2) is 6.61 Å². The first-order valence-corrected chi connectivity index (χ1v) is 7.27. The van der Waals surface area contributed by atoms with E-state index >= 15 is 0 Å². The van der Waals surface area contributed by atoms with E-state index in [-0.39, 0.29) is 11.1 Å². The molecule has 0 spiro atoms. The minimum Gasteiger partial charge on any atom is -0.435 e. The van der Waals surface area contributed by atoms with Crippen LogP contribution in [0.5, 0.6) is 5.75 Å². The molecule has 112 valence electrons. The highest BCUT2D eigenvalue weighted by Gasteiger charge is 2.11. The third kappa shape index (κ3) is 4.73. The highest BCUT2D eigenvalue weighted by atomic mass is 35.5. The lowest BCUT2D eigenvalue weighted by Crippen LogP contribution is -2.02. The highest BCUT2D eigenvalue weighted by Crippen LogP contribution is 2.29. The van der Waals surface area contributed by atoms with Gasteiger partial charge in [-0.1, -0.05) is 41.4 Å². The Bertz CT molecular complexity index is 602. The lowest BCUT2D eigenvalue weighted by atomic mass is 10.0. The molecule has 0 amide bonds. The zero-order valence-corrected chi connectivity index (χ0v) is 13.0. The predicted molar refractivity (Wildman–Crippen MR) is 81.8 cm³/mol. The Morgan fingerprint density at radius 2 is 1.62 bits per heavy atom. The minimum absolute atomic E-state index is 0.104. The van der Waals surface area contributed by atoms with Crippen molar-refractivity contribution >= 4 is 34.8 Å². The summed E-state index contributed by atoms with van der Waals surface area (Å²) in [7, 11) is 0. The fourth-order valence-corrected chi connectivity index (χ4v) is 2.49. The maximum absolute atomic E-state index is 12.1. The molecular weight excluding hydrogens is 341 g/mol. The molecular formula is C15H11Cl3F2O. The van der Waals surface area contributed by atoms with Gasteiger partial charge in [-0.3, -0.25) is 0 Å². The van der Waals surface area contributed by atoms with Crippen molar-refractivity contribution < 1.29 is 13.5 Å². The van der Waals surface area contributed by atoms with Crippen molar-refractivity contribution in [2.24, 2.45) is 0 Å². The first kappa shape index (κ1) is 16.3. The number of hydrogen-bond donors (Lipinski definition) is 0. The van der Waals surface area contributed by atoms with Crippen LogP contribution in [0.2, 0.25) is 10.0 Å². The summed E-state index contributed by atoms with van der Waals surface area (Å²) in [6.45, 7) is -2.83. The zero-order chi connectivity index (χ0) is 15.4. The van der Waals surface area contributed by atoms with Gasteiger partial charge in [0.1, 0.15) is 5.75 Å². The third-order valence-corrected chi connectivity index (χ3v) is 4.01. The highest BCUT2D eigenvalue weighted by molar-refractivity contribution is 6.42. The molecule has 0 fully saturated rings. The van der Waals surface area contributed by atoms with Gasteiger partial charge in [0.2, 0.25) is 0 Å². The molecule has 6 heteroatoms. The maximum Gasteiger partial charge on any atom is 0.387 e. The van der Waals surface area contributed by atoms with Crippen molar-refractivity contribution in [3.05, 3.63) is 63.6 Å². The molecule has 1 unspecified atom stereocenters. The summed E-state index contributed by atoms with van der Waals surface area (Å²) in [5, 5.41) is 0.654. The van der Waals surface area contributed by atoms with Gasteiger partial charge in [-0.15, -0.1) is 11.6 Å². The Kier molecular flexibility index (Phi) is 5.68. The van der Waals surface area contributed by atoms with Crippen LogP contribution in [0.15, 0.2) is 42.5 Å². The maximum atomic E-state index is 12.1. The van der Waals surface area contributed by atoms with E-state index in [1.807, 2.05) is 6.07 Å². The molecule has 2 aromatic carbocycles. The van der Waals surface area contributed by atoms with Gasteiger partial charge in [-0.25, -0.2) is 0 Å². The van der Waals surface area contributed by atoms with E-state index in [2.05, 4.69) is 4.74 Å². The number of hydrogen-bond acceptors (Lipinski definition) is 1. The smallest absolute Gasteiger partial charge is 0.387 e. The molecule has 0 aliphatic carbocycles. The van der Waals surface area contributed by atoms with Crippen molar-refractivity contribution in [1.29, 1.82) is 0 Å². The molecule has 0 radical (unpaired) electrons. The molecule has 0 N–H and O–H groups in total.